The molecule has 2 aliphatic rings. The molecule has 0 aromatic carbocycles. The van der Waals surface area contributed by atoms with Gasteiger partial charge in [0.15, 0.2) is 5.79 Å². The van der Waals surface area contributed by atoms with Crippen LogP contribution >= 0.6 is 0 Å². The van der Waals surface area contributed by atoms with Crippen molar-refractivity contribution in [1.29, 1.82) is 0 Å². The fraction of sp³-hybridized carbons (Fsp3) is 0.800. The van der Waals surface area contributed by atoms with Crippen LogP contribution in [0.2, 0.25) is 0 Å². The van der Waals surface area contributed by atoms with Crippen LogP contribution in [0.3, 0.4) is 0 Å². The third kappa shape index (κ3) is 3.05. The van der Waals surface area contributed by atoms with Gasteiger partial charge in [-0.1, -0.05) is 6.92 Å². The molecule has 1 atom stereocenters. The number of hydrogen-bond acceptors (Lipinski definition) is 4. The third-order valence-corrected chi connectivity index (χ3v) is 4.43. The van der Waals surface area contributed by atoms with Gasteiger partial charge < -0.3 is 18.9 Å². The second-order valence-electron chi connectivity index (χ2n) is 6.14. The number of imidazole rings is 1. The Kier molecular flexibility index (Phi) is 4.10. The number of ether oxygens (including phenoxy) is 2. The fourth-order valence-electron chi connectivity index (χ4n) is 3.29. The average Bonchev–Trinajstić information content (AvgIpc) is 3.04. The lowest BCUT2D eigenvalue weighted by Crippen LogP contribution is -2.46. The van der Waals surface area contributed by atoms with E-state index >= 15 is 0 Å². The Hall–Kier alpha value is -0.910. The second kappa shape index (κ2) is 5.84. The van der Waals surface area contributed by atoms with Gasteiger partial charge in [-0.15, -0.1) is 0 Å². The predicted molar refractivity (Wildman–Crippen MR) is 76.4 cm³/mol. The van der Waals surface area contributed by atoms with Gasteiger partial charge in [0.2, 0.25) is 0 Å². The van der Waals surface area contributed by atoms with Crippen LogP contribution in [0.5, 0.6) is 0 Å². The summed E-state index contributed by atoms with van der Waals surface area (Å²) in [5, 5.41) is 0. The van der Waals surface area contributed by atoms with E-state index in [0.717, 1.165) is 58.1 Å². The lowest BCUT2D eigenvalue weighted by molar-refractivity contribution is -0.185. The summed E-state index contributed by atoms with van der Waals surface area (Å²) in [5.74, 6) is 1.48. The Bertz CT molecular complexity index is 430. The fourth-order valence-corrected chi connectivity index (χ4v) is 3.29. The van der Waals surface area contributed by atoms with E-state index in [4.69, 9.17) is 9.47 Å². The minimum absolute atomic E-state index is 0.249. The zero-order valence-electron chi connectivity index (χ0n) is 12.5. The molecule has 0 aliphatic carbocycles. The summed E-state index contributed by atoms with van der Waals surface area (Å²) in [6, 6.07) is 0. The van der Waals surface area contributed by atoms with Crippen molar-refractivity contribution in [3.63, 3.8) is 0 Å². The molecule has 1 spiro atoms. The van der Waals surface area contributed by atoms with Crippen LogP contribution < -0.4 is 0 Å². The molecule has 2 aliphatic heterocycles. The maximum Gasteiger partial charge on any atom is 0.170 e. The van der Waals surface area contributed by atoms with Crippen LogP contribution in [0.1, 0.15) is 25.6 Å². The first-order valence-corrected chi connectivity index (χ1v) is 7.65. The van der Waals surface area contributed by atoms with Gasteiger partial charge in [0.1, 0.15) is 5.82 Å². The predicted octanol–water partition coefficient (Wildman–Crippen LogP) is 1.67. The van der Waals surface area contributed by atoms with E-state index in [1.807, 2.05) is 6.20 Å². The summed E-state index contributed by atoms with van der Waals surface area (Å²) >= 11 is 0. The van der Waals surface area contributed by atoms with Gasteiger partial charge in [0.25, 0.3) is 0 Å². The molecule has 1 unspecified atom stereocenters. The molecule has 3 heterocycles. The van der Waals surface area contributed by atoms with Gasteiger partial charge >= 0.3 is 0 Å². The number of rotatable bonds is 4. The van der Waals surface area contributed by atoms with Crippen molar-refractivity contribution in [2.24, 2.45) is 5.92 Å². The number of piperidine rings is 1. The summed E-state index contributed by atoms with van der Waals surface area (Å²) in [4.78, 5) is 6.82. The van der Waals surface area contributed by atoms with E-state index in [1.165, 1.54) is 0 Å². The molecule has 2 fully saturated rings. The SMILES string of the molecule is Cc1nccn1CC(C)CN1CCC2(CC1)OCCO2. The second-order valence-corrected chi connectivity index (χ2v) is 6.14. The topological polar surface area (TPSA) is 39.5 Å². The molecule has 3 rings (SSSR count). The summed E-state index contributed by atoms with van der Waals surface area (Å²) < 4.78 is 13.8. The highest BCUT2D eigenvalue weighted by molar-refractivity contribution is 4.89. The van der Waals surface area contributed by atoms with Crippen molar-refractivity contribution < 1.29 is 9.47 Å². The van der Waals surface area contributed by atoms with Crippen LogP contribution in [-0.2, 0) is 16.0 Å². The molecule has 0 N–H and O–H groups in total. The quantitative estimate of drug-likeness (QED) is 0.840. The Morgan fingerprint density at radius 1 is 1.25 bits per heavy atom. The van der Waals surface area contributed by atoms with Crippen LogP contribution in [0.25, 0.3) is 0 Å². The molecule has 112 valence electrons. The minimum atomic E-state index is -0.249. The zero-order chi connectivity index (χ0) is 14.0. The van der Waals surface area contributed by atoms with Gasteiger partial charge in [-0.2, -0.15) is 0 Å². The van der Waals surface area contributed by atoms with Crippen molar-refractivity contribution in [2.45, 2.75) is 39.0 Å². The van der Waals surface area contributed by atoms with Crippen LogP contribution in [0.15, 0.2) is 12.4 Å². The highest BCUT2D eigenvalue weighted by Crippen LogP contribution is 2.31. The third-order valence-electron chi connectivity index (χ3n) is 4.43. The highest BCUT2D eigenvalue weighted by Gasteiger charge is 2.39. The molecule has 0 bridgehead atoms. The lowest BCUT2D eigenvalue weighted by Gasteiger charge is -2.38. The largest absolute Gasteiger partial charge is 0.347 e. The number of likely N-dealkylation sites (tertiary alicyclic amines) is 1. The summed E-state index contributed by atoms with van der Waals surface area (Å²) in [6.45, 7) is 10.2. The highest BCUT2D eigenvalue weighted by atomic mass is 16.7. The molecule has 0 radical (unpaired) electrons. The molecular weight excluding hydrogens is 254 g/mol. The molecule has 2 saturated heterocycles. The van der Waals surface area contributed by atoms with Gasteiger partial charge in [-0.25, -0.2) is 4.98 Å². The molecular formula is C15H25N3O2. The molecule has 5 nitrogen and oxygen atoms in total. The molecule has 0 amide bonds. The van der Waals surface area contributed by atoms with Crippen molar-refractivity contribution in [3.05, 3.63) is 18.2 Å². The van der Waals surface area contributed by atoms with Crippen molar-refractivity contribution >= 4 is 0 Å². The number of aromatic nitrogens is 2. The number of nitrogens with zero attached hydrogens (tertiary/aromatic N) is 3. The summed E-state index contributed by atoms with van der Waals surface area (Å²) in [7, 11) is 0. The van der Waals surface area contributed by atoms with Gasteiger partial charge in [-0.3, -0.25) is 0 Å². The maximum absolute atomic E-state index is 5.77. The summed E-state index contributed by atoms with van der Waals surface area (Å²) in [6.07, 6.45) is 5.95. The van der Waals surface area contributed by atoms with Crippen LogP contribution in [0, 0.1) is 12.8 Å². The van der Waals surface area contributed by atoms with E-state index < -0.39 is 0 Å². The standard InChI is InChI=1S/C15H25N3O2/c1-13(12-18-8-5-16-14(18)2)11-17-6-3-15(4-7-17)19-9-10-20-15/h5,8,13H,3-4,6-7,9-12H2,1-2H3. The van der Waals surface area contributed by atoms with Crippen LogP contribution in [0.4, 0.5) is 0 Å². The molecule has 20 heavy (non-hydrogen) atoms. The van der Waals surface area contributed by atoms with E-state index in [9.17, 15) is 0 Å². The van der Waals surface area contributed by atoms with Gasteiger partial charge in [-0.05, 0) is 12.8 Å². The number of aryl methyl sites for hydroxylation is 1. The van der Waals surface area contributed by atoms with Crippen molar-refractivity contribution in [1.82, 2.24) is 14.5 Å². The molecule has 0 saturated carbocycles. The van der Waals surface area contributed by atoms with E-state index in [1.54, 1.807) is 0 Å². The average molecular weight is 279 g/mol. The normalized spacial score (nSPS) is 24.3. The Morgan fingerprint density at radius 3 is 2.55 bits per heavy atom. The molecule has 1 aromatic heterocycles. The monoisotopic (exact) mass is 279 g/mol. The van der Waals surface area contributed by atoms with E-state index in [2.05, 4.69) is 34.5 Å². The van der Waals surface area contributed by atoms with Crippen molar-refractivity contribution in [3.8, 4) is 0 Å². The van der Waals surface area contributed by atoms with Gasteiger partial charge in [0.05, 0.1) is 13.2 Å². The smallest absolute Gasteiger partial charge is 0.170 e. The first kappa shape index (κ1) is 14.0. The van der Waals surface area contributed by atoms with Crippen LogP contribution in [-0.4, -0.2) is 53.1 Å². The van der Waals surface area contributed by atoms with E-state index in [0.29, 0.717) is 5.92 Å². The molecule has 1 aromatic rings. The lowest BCUT2D eigenvalue weighted by atomic mass is 10.0. The maximum atomic E-state index is 5.77. The Labute approximate surface area is 120 Å². The zero-order valence-corrected chi connectivity index (χ0v) is 12.5. The Morgan fingerprint density at radius 2 is 1.95 bits per heavy atom. The van der Waals surface area contributed by atoms with Crippen molar-refractivity contribution in [2.75, 3.05) is 32.8 Å². The summed E-state index contributed by atoms with van der Waals surface area (Å²) in [5.41, 5.74) is 0. The first-order valence-electron chi connectivity index (χ1n) is 7.65. The minimum Gasteiger partial charge on any atom is -0.347 e. The Balaban J connectivity index is 1.46. The first-order chi connectivity index (χ1) is 9.67. The molecule has 5 heteroatoms. The number of hydrogen-bond donors (Lipinski definition) is 0. The van der Waals surface area contributed by atoms with Gasteiger partial charge in [0, 0.05) is 51.4 Å². The van der Waals surface area contributed by atoms with E-state index in [-0.39, 0.29) is 5.79 Å².